The van der Waals surface area contributed by atoms with Crippen molar-refractivity contribution in [1.29, 1.82) is 0 Å². The first-order chi connectivity index (χ1) is 10.2. The molecule has 0 aromatic heterocycles. The average Bonchev–Trinajstić information content (AvgIpc) is 2.52. The molecule has 21 heavy (non-hydrogen) atoms. The summed E-state index contributed by atoms with van der Waals surface area (Å²) in [6.07, 6.45) is 3.29. The minimum Gasteiger partial charge on any atom is -0.491 e. The number of aryl methyl sites for hydroxylation is 1. The topological polar surface area (TPSA) is 26.3 Å². The maximum atomic E-state index is 12.0. The van der Waals surface area contributed by atoms with Gasteiger partial charge in [-0.3, -0.25) is 4.79 Å². The van der Waals surface area contributed by atoms with E-state index < -0.39 is 6.67 Å². The van der Waals surface area contributed by atoms with Crippen molar-refractivity contribution in [2.45, 2.75) is 6.92 Å². The van der Waals surface area contributed by atoms with Crippen molar-refractivity contribution in [2.24, 2.45) is 0 Å². The number of alkyl halides is 1. The SMILES string of the molecule is Cc1ccc(C(=O)/C=C/c2ccc(OCCF)cc2)cc1. The van der Waals surface area contributed by atoms with E-state index in [0.717, 1.165) is 11.1 Å². The van der Waals surface area contributed by atoms with Crippen molar-refractivity contribution >= 4 is 11.9 Å². The van der Waals surface area contributed by atoms with Crippen LogP contribution in [-0.2, 0) is 0 Å². The lowest BCUT2D eigenvalue weighted by molar-refractivity contribution is 0.104. The number of carbonyl (C=O) groups is 1. The molecule has 0 bridgehead atoms. The van der Waals surface area contributed by atoms with Crippen LogP contribution in [0, 0.1) is 6.92 Å². The Morgan fingerprint density at radius 2 is 1.76 bits per heavy atom. The standard InChI is InChI=1S/C18H17FO2/c1-14-2-7-16(8-3-14)18(20)11-6-15-4-9-17(10-5-15)21-13-12-19/h2-11H,12-13H2,1H3/b11-6+. The predicted octanol–water partition coefficient (Wildman–Crippen LogP) is 4.24. The molecule has 0 heterocycles. The molecule has 108 valence electrons. The van der Waals surface area contributed by atoms with Crippen LogP contribution in [0.25, 0.3) is 6.08 Å². The van der Waals surface area contributed by atoms with Crippen molar-refractivity contribution in [1.82, 2.24) is 0 Å². The van der Waals surface area contributed by atoms with Crippen molar-refractivity contribution in [3.8, 4) is 5.75 Å². The first-order valence-corrected chi connectivity index (χ1v) is 6.77. The van der Waals surface area contributed by atoms with Crippen molar-refractivity contribution in [3.63, 3.8) is 0 Å². The molecule has 3 heteroatoms. The molecule has 0 radical (unpaired) electrons. The number of hydrogen-bond donors (Lipinski definition) is 0. The third kappa shape index (κ3) is 4.56. The summed E-state index contributed by atoms with van der Waals surface area (Å²) in [4.78, 5) is 12.0. The fourth-order valence-corrected chi connectivity index (χ4v) is 1.82. The van der Waals surface area contributed by atoms with Crippen LogP contribution in [0.2, 0.25) is 0 Å². The zero-order valence-electron chi connectivity index (χ0n) is 11.9. The Kier molecular flexibility index (Phi) is 5.27. The van der Waals surface area contributed by atoms with Crippen LogP contribution in [-0.4, -0.2) is 19.1 Å². The zero-order valence-corrected chi connectivity index (χ0v) is 11.9. The van der Waals surface area contributed by atoms with Crippen LogP contribution in [0.3, 0.4) is 0 Å². The van der Waals surface area contributed by atoms with Crippen LogP contribution in [0.4, 0.5) is 4.39 Å². The third-order valence-electron chi connectivity index (χ3n) is 2.99. The van der Waals surface area contributed by atoms with Gasteiger partial charge in [-0.25, -0.2) is 4.39 Å². The minimum absolute atomic E-state index is 0.0345. The first kappa shape index (κ1) is 15.0. The molecule has 0 aliphatic rings. The van der Waals surface area contributed by atoms with E-state index in [0.29, 0.717) is 11.3 Å². The molecule has 2 rings (SSSR count). The molecule has 0 spiro atoms. The van der Waals surface area contributed by atoms with Gasteiger partial charge >= 0.3 is 0 Å². The quantitative estimate of drug-likeness (QED) is 0.586. The van der Waals surface area contributed by atoms with Gasteiger partial charge < -0.3 is 4.74 Å². The van der Waals surface area contributed by atoms with Gasteiger partial charge in [-0.15, -0.1) is 0 Å². The maximum absolute atomic E-state index is 12.0. The predicted molar refractivity (Wildman–Crippen MR) is 82.5 cm³/mol. The molecule has 0 atom stereocenters. The number of benzene rings is 2. The van der Waals surface area contributed by atoms with E-state index in [-0.39, 0.29) is 12.4 Å². The fourth-order valence-electron chi connectivity index (χ4n) is 1.82. The second-order valence-corrected chi connectivity index (χ2v) is 4.67. The average molecular weight is 284 g/mol. The van der Waals surface area contributed by atoms with Gasteiger partial charge in [0, 0.05) is 5.56 Å². The molecule has 0 saturated carbocycles. The molecule has 0 saturated heterocycles. The number of carbonyl (C=O) groups excluding carboxylic acids is 1. The lowest BCUT2D eigenvalue weighted by atomic mass is 10.1. The summed E-state index contributed by atoms with van der Waals surface area (Å²) in [6.45, 7) is 1.53. The Labute approximate surface area is 123 Å². The zero-order chi connectivity index (χ0) is 15.1. The number of rotatable bonds is 6. The Bertz CT molecular complexity index is 613. The van der Waals surface area contributed by atoms with Gasteiger partial charge in [-0.2, -0.15) is 0 Å². The second kappa shape index (κ2) is 7.39. The molecule has 2 aromatic carbocycles. The number of allylic oxidation sites excluding steroid dienone is 1. The molecule has 2 aromatic rings. The highest BCUT2D eigenvalue weighted by molar-refractivity contribution is 6.06. The second-order valence-electron chi connectivity index (χ2n) is 4.67. The van der Waals surface area contributed by atoms with E-state index in [4.69, 9.17) is 4.74 Å². The molecular weight excluding hydrogens is 267 g/mol. The molecule has 0 unspecified atom stereocenters. The molecule has 0 amide bonds. The fraction of sp³-hybridized carbons (Fsp3) is 0.167. The molecule has 0 aliphatic heterocycles. The van der Waals surface area contributed by atoms with E-state index in [1.165, 1.54) is 0 Å². The van der Waals surface area contributed by atoms with Gasteiger partial charge in [0.15, 0.2) is 5.78 Å². The normalized spacial score (nSPS) is 10.8. The summed E-state index contributed by atoms with van der Waals surface area (Å²) < 4.78 is 17.1. The maximum Gasteiger partial charge on any atom is 0.185 e. The van der Waals surface area contributed by atoms with E-state index in [1.54, 1.807) is 24.3 Å². The lowest BCUT2D eigenvalue weighted by Gasteiger charge is -2.03. The molecule has 2 nitrogen and oxygen atoms in total. The van der Waals surface area contributed by atoms with Crippen LogP contribution in [0.1, 0.15) is 21.5 Å². The number of halogens is 1. The van der Waals surface area contributed by atoms with E-state index >= 15 is 0 Å². The highest BCUT2D eigenvalue weighted by Crippen LogP contribution is 2.14. The Morgan fingerprint density at radius 1 is 1.10 bits per heavy atom. The van der Waals surface area contributed by atoms with Crippen LogP contribution in [0.5, 0.6) is 5.75 Å². The lowest BCUT2D eigenvalue weighted by Crippen LogP contribution is -1.98. The van der Waals surface area contributed by atoms with Crippen LogP contribution in [0.15, 0.2) is 54.6 Å². The minimum atomic E-state index is -0.507. The Hall–Kier alpha value is -2.42. The highest BCUT2D eigenvalue weighted by atomic mass is 19.1. The van der Waals surface area contributed by atoms with Gasteiger partial charge in [0.25, 0.3) is 0 Å². The molecule has 0 aliphatic carbocycles. The highest BCUT2D eigenvalue weighted by Gasteiger charge is 2.00. The molecule has 0 fully saturated rings. The van der Waals surface area contributed by atoms with E-state index in [2.05, 4.69) is 0 Å². The van der Waals surface area contributed by atoms with Crippen molar-refractivity contribution in [3.05, 3.63) is 71.3 Å². The Morgan fingerprint density at radius 3 is 2.38 bits per heavy atom. The Balaban J connectivity index is 2.00. The van der Waals surface area contributed by atoms with Gasteiger partial charge in [0.05, 0.1) is 0 Å². The van der Waals surface area contributed by atoms with Crippen LogP contribution < -0.4 is 4.74 Å². The molecule has 0 N–H and O–H groups in total. The van der Waals surface area contributed by atoms with E-state index in [1.807, 2.05) is 43.3 Å². The number of ketones is 1. The van der Waals surface area contributed by atoms with E-state index in [9.17, 15) is 9.18 Å². The third-order valence-corrected chi connectivity index (χ3v) is 2.99. The smallest absolute Gasteiger partial charge is 0.185 e. The molecular formula is C18H17FO2. The summed E-state index contributed by atoms with van der Waals surface area (Å²) in [5.74, 6) is 0.586. The summed E-state index contributed by atoms with van der Waals surface area (Å²) in [5, 5.41) is 0. The summed E-state index contributed by atoms with van der Waals surface area (Å²) >= 11 is 0. The van der Waals surface area contributed by atoms with Crippen LogP contribution >= 0.6 is 0 Å². The largest absolute Gasteiger partial charge is 0.491 e. The van der Waals surface area contributed by atoms with Crippen molar-refractivity contribution in [2.75, 3.05) is 13.3 Å². The first-order valence-electron chi connectivity index (χ1n) is 6.77. The van der Waals surface area contributed by atoms with Gasteiger partial charge in [0.1, 0.15) is 19.0 Å². The number of ether oxygens (including phenoxy) is 1. The van der Waals surface area contributed by atoms with Crippen molar-refractivity contribution < 1.29 is 13.9 Å². The van der Waals surface area contributed by atoms with Gasteiger partial charge in [-0.1, -0.05) is 48.0 Å². The van der Waals surface area contributed by atoms with Gasteiger partial charge in [-0.05, 0) is 30.7 Å². The summed E-state index contributed by atoms with van der Waals surface area (Å²) in [6, 6.07) is 14.6. The monoisotopic (exact) mass is 284 g/mol. The number of hydrogen-bond acceptors (Lipinski definition) is 2. The summed E-state index contributed by atoms with van der Waals surface area (Å²) in [7, 11) is 0. The summed E-state index contributed by atoms with van der Waals surface area (Å²) in [5.41, 5.74) is 2.68. The van der Waals surface area contributed by atoms with Gasteiger partial charge in [0.2, 0.25) is 0 Å².